The molecule has 0 amide bonds. The summed E-state index contributed by atoms with van der Waals surface area (Å²) in [7, 11) is 2.93. The number of carbonyl (C=O) groups excluding carboxylic acids is 1. The van der Waals surface area contributed by atoms with Gasteiger partial charge in [0.25, 0.3) is 5.89 Å². The van der Waals surface area contributed by atoms with Crippen LogP contribution in [-0.2, 0) is 4.74 Å². The summed E-state index contributed by atoms with van der Waals surface area (Å²) < 4.78 is 21.1. The molecule has 0 spiro atoms. The van der Waals surface area contributed by atoms with Crippen LogP contribution in [0.25, 0.3) is 11.4 Å². The molecular weight excluding hydrogens is 338 g/mol. The fourth-order valence-electron chi connectivity index (χ4n) is 2.33. The van der Waals surface area contributed by atoms with Crippen LogP contribution in [0, 0.1) is 0 Å². The average molecular weight is 355 g/mol. The van der Waals surface area contributed by atoms with Gasteiger partial charge < -0.3 is 18.7 Å². The first kappa shape index (κ1) is 17.4. The number of ether oxygens (including phenoxy) is 3. The molecule has 3 rings (SSSR count). The first-order valence-electron chi connectivity index (χ1n) is 7.80. The molecule has 2 aromatic heterocycles. The van der Waals surface area contributed by atoms with Crippen LogP contribution >= 0.6 is 0 Å². The van der Waals surface area contributed by atoms with E-state index in [1.165, 1.54) is 14.2 Å². The zero-order chi connectivity index (χ0) is 18.5. The monoisotopic (exact) mass is 355 g/mol. The first-order chi connectivity index (χ1) is 12.6. The van der Waals surface area contributed by atoms with Crippen LogP contribution in [0.5, 0.6) is 11.5 Å². The maximum absolute atomic E-state index is 12.6. The highest BCUT2D eigenvalue weighted by Gasteiger charge is 2.25. The standard InChI is InChI=1S/C18H17N3O5/c1-11(17-20-16(21-26-17)12-6-5-9-19-10-12)25-18(22)15-13(23-2)7-4-8-14(15)24-3/h4-11H,1-3H3. The second-order valence-corrected chi connectivity index (χ2v) is 5.28. The van der Waals surface area contributed by atoms with Gasteiger partial charge in [-0.1, -0.05) is 11.2 Å². The Morgan fingerprint density at radius 3 is 2.46 bits per heavy atom. The number of esters is 1. The van der Waals surface area contributed by atoms with E-state index >= 15 is 0 Å². The quantitative estimate of drug-likeness (QED) is 0.622. The van der Waals surface area contributed by atoms with Crippen molar-refractivity contribution in [2.75, 3.05) is 14.2 Å². The normalized spacial score (nSPS) is 11.7. The molecule has 134 valence electrons. The van der Waals surface area contributed by atoms with Gasteiger partial charge >= 0.3 is 5.97 Å². The molecule has 0 saturated heterocycles. The van der Waals surface area contributed by atoms with Crippen LogP contribution in [0.1, 0.15) is 29.3 Å². The number of methoxy groups -OCH3 is 2. The largest absolute Gasteiger partial charge is 0.496 e. The number of aromatic nitrogens is 3. The van der Waals surface area contributed by atoms with Crippen molar-refractivity contribution in [3.63, 3.8) is 0 Å². The summed E-state index contributed by atoms with van der Waals surface area (Å²) >= 11 is 0. The van der Waals surface area contributed by atoms with Gasteiger partial charge in [-0.3, -0.25) is 4.98 Å². The molecule has 8 nitrogen and oxygen atoms in total. The van der Waals surface area contributed by atoms with Crippen LogP contribution in [0.2, 0.25) is 0 Å². The Morgan fingerprint density at radius 2 is 1.85 bits per heavy atom. The van der Waals surface area contributed by atoms with Gasteiger partial charge in [0.05, 0.1) is 14.2 Å². The summed E-state index contributed by atoms with van der Waals surface area (Å²) in [6, 6.07) is 8.59. The molecule has 0 aliphatic carbocycles. The number of rotatable bonds is 6. The van der Waals surface area contributed by atoms with E-state index in [1.54, 1.807) is 49.6 Å². The van der Waals surface area contributed by atoms with E-state index in [0.717, 1.165) is 0 Å². The van der Waals surface area contributed by atoms with Gasteiger partial charge in [0, 0.05) is 18.0 Å². The van der Waals surface area contributed by atoms with Gasteiger partial charge in [0.1, 0.15) is 17.1 Å². The summed E-state index contributed by atoms with van der Waals surface area (Å²) in [6.45, 7) is 1.64. The minimum Gasteiger partial charge on any atom is -0.496 e. The second-order valence-electron chi connectivity index (χ2n) is 5.28. The van der Waals surface area contributed by atoms with Gasteiger partial charge in [-0.2, -0.15) is 4.98 Å². The highest BCUT2D eigenvalue weighted by Crippen LogP contribution is 2.30. The molecule has 1 atom stereocenters. The Bertz CT molecular complexity index is 873. The van der Waals surface area contributed by atoms with Crippen molar-refractivity contribution in [1.29, 1.82) is 0 Å². The highest BCUT2D eigenvalue weighted by atomic mass is 16.6. The maximum Gasteiger partial charge on any atom is 0.346 e. The molecular formula is C18H17N3O5. The summed E-state index contributed by atoms with van der Waals surface area (Å²) in [5.41, 5.74) is 0.892. The summed E-state index contributed by atoms with van der Waals surface area (Å²) in [5, 5.41) is 3.89. The lowest BCUT2D eigenvalue weighted by Crippen LogP contribution is -2.12. The van der Waals surface area contributed by atoms with Crippen molar-refractivity contribution in [2.24, 2.45) is 0 Å². The molecule has 0 aliphatic heterocycles. The lowest BCUT2D eigenvalue weighted by Gasteiger charge is -2.14. The van der Waals surface area contributed by atoms with Crippen LogP contribution in [-0.4, -0.2) is 35.3 Å². The van der Waals surface area contributed by atoms with Crippen molar-refractivity contribution in [3.05, 3.63) is 54.2 Å². The minimum atomic E-state index is -0.755. The van der Waals surface area contributed by atoms with E-state index < -0.39 is 12.1 Å². The predicted octanol–water partition coefficient (Wildman–Crippen LogP) is 3.07. The number of hydrogen-bond donors (Lipinski definition) is 0. The fourth-order valence-corrected chi connectivity index (χ4v) is 2.33. The molecule has 0 N–H and O–H groups in total. The summed E-state index contributed by atoms with van der Waals surface area (Å²) in [6.07, 6.45) is 2.51. The van der Waals surface area contributed by atoms with Gasteiger partial charge in [0.2, 0.25) is 5.82 Å². The number of hydrogen-bond acceptors (Lipinski definition) is 8. The predicted molar refractivity (Wildman–Crippen MR) is 90.9 cm³/mol. The SMILES string of the molecule is COc1cccc(OC)c1C(=O)OC(C)c1nc(-c2cccnc2)no1. The smallest absolute Gasteiger partial charge is 0.346 e. The van der Waals surface area contributed by atoms with E-state index in [1.807, 2.05) is 0 Å². The summed E-state index contributed by atoms with van der Waals surface area (Å²) in [5.74, 6) is 0.621. The van der Waals surface area contributed by atoms with Crippen molar-refractivity contribution in [1.82, 2.24) is 15.1 Å². The fraction of sp³-hybridized carbons (Fsp3) is 0.222. The molecule has 0 bridgehead atoms. The van der Waals surface area contributed by atoms with Crippen molar-refractivity contribution >= 4 is 5.97 Å². The maximum atomic E-state index is 12.6. The van der Waals surface area contributed by atoms with Crippen LogP contribution < -0.4 is 9.47 Å². The third kappa shape index (κ3) is 3.49. The van der Waals surface area contributed by atoms with Crippen molar-refractivity contribution in [3.8, 4) is 22.9 Å². The number of carbonyl (C=O) groups is 1. The van der Waals surface area contributed by atoms with E-state index in [2.05, 4.69) is 15.1 Å². The van der Waals surface area contributed by atoms with E-state index in [0.29, 0.717) is 22.9 Å². The van der Waals surface area contributed by atoms with Crippen molar-refractivity contribution in [2.45, 2.75) is 13.0 Å². The number of nitrogens with zero attached hydrogens (tertiary/aromatic N) is 3. The molecule has 1 unspecified atom stereocenters. The third-order valence-corrected chi connectivity index (χ3v) is 3.63. The molecule has 1 aromatic carbocycles. The van der Waals surface area contributed by atoms with Gasteiger partial charge in [-0.15, -0.1) is 0 Å². The van der Waals surface area contributed by atoms with E-state index in [9.17, 15) is 4.79 Å². The van der Waals surface area contributed by atoms with Crippen molar-refractivity contribution < 1.29 is 23.5 Å². The van der Waals surface area contributed by atoms with E-state index in [-0.39, 0.29) is 11.5 Å². The van der Waals surface area contributed by atoms with E-state index in [4.69, 9.17) is 18.7 Å². The van der Waals surface area contributed by atoms with Crippen LogP contribution in [0.15, 0.2) is 47.2 Å². The van der Waals surface area contributed by atoms with Gasteiger partial charge in [-0.05, 0) is 31.2 Å². The second kappa shape index (κ2) is 7.64. The minimum absolute atomic E-state index is 0.172. The Morgan fingerprint density at radius 1 is 1.12 bits per heavy atom. The summed E-state index contributed by atoms with van der Waals surface area (Å²) in [4.78, 5) is 20.8. The van der Waals surface area contributed by atoms with Crippen LogP contribution in [0.4, 0.5) is 0 Å². The number of pyridine rings is 1. The van der Waals surface area contributed by atoms with Gasteiger partial charge in [-0.25, -0.2) is 4.79 Å². The zero-order valence-corrected chi connectivity index (χ0v) is 14.5. The lowest BCUT2D eigenvalue weighted by atomic mass is 10.1. The highest BCUT2D eigenvalue weighted by molar-refractivity contribution is 5.95. The average Bonchev–Trinajstić information content (AvgIpc) is 3.18. The Hall–Kier alpha value is -3.42. The molecule has 0 radical (unpaired) electrons. The zero-order valence-electron chi connectivity index (χ0n) is 14.5. The van der Waals surface area contributed by atoms with Crippen LogP contribution in [0.3, 0.4) is 0 Å². The molecule has 3 aromatic rings. The molecule has 0 aliphatic rings. The van der Waals surface area contributed by atoms with Gasteiger partial charge in [0.15, 0.2) is 6.10 Å². The third-order valence-electron chi connectivity index (χ3n) is 3.63. The first-order valence-corrected chi connectivity index (χ1v) is 7.80. The molecule has 2 heterocycles. The molecule has 0 saturated carbocycles. The molecule has 8 heteroatoms. The Balaban J connectivity index is 1.80. The molecule has 26 heavy (non-hydrogen) atoms. The number of benzene rings is 1. The Labute approximate surface area is 149 Å². The topological polar surface area (TPSA) is 96.6 Å². The molecule has 0 fully saturated rings. The lowest BCUT2D eigenvalue weighted by molar-refractivity contribution is 0.0258. The Kier molecular flexibility index (Phi) is 5.12.